The third kappa shape index (κ3) is 3.33. The number of carbonyl (C=O) groups excluding carboxylic acids is 1. The largest absolute Gasteiger partial charge is 0.495 e. The van der Waals surface area contributed by atoms with Gasteiger partial charge in [-0.1, -0.05) is 34.8 Å². The highest BCUT2D eigenvalue weighted by Gasteiger charge is 2.14. The second-order valence-electron chi connectivity index (χ2n) is 3.77. The third-order valence-electron chi connectivity index (χ3n) is 2.44. The van der Waals surface area contributed by atoms with Crippen LogP contribution in [0.5, 0.6) is 5.75 Å². The molecule has 2 rings (SSSR count). The van der Waals surface area contributed by atoms with Crippen LogP contribution < -0.4 is 10.1 Å². The third-order valence-corrected chi connectivity index (χ3v) is 3.26. The Kier molecular flexibility index (Phi) is 4.70. The van der Waals surface area contributed by atoms with Crippen LogP contribution >= 0.6 is 34.8 Å². The molecule has 1 aromatic heterocycles. The summed E-state index contributed by atoms with van der Waals surface area (Å²) in [5.74, 6) is -0.0171. The Morgan fingerprint density at radius 3 is 2.55 bits per heavy atom. The van der Waals surface area contributed by atoms with E-state index in [1.807, 2.05) is 0 Å². The van der Waals surface area contributed by atoms with Gasteiger partial charge in [-0.15, -0.1) is 0 Å². The van der Waals surface area contributed by atoms with Crippen molar-refractivity contribution in [3.8, 4) is 5.75 Å². The predicted molar refractivity (Wildman–Crippen MR) is 80.2 cm³/mol. The lowest BCUT2D eigenvalue weighted by molar-refractivity contribution is 0.102. The first-order chi connectivity index (χ1) is 9.51. The summed E-state index contributed by atoms with van der Waals surface area (Å²) in [6, 6.07) is 7.86. The average Bonchev–Trinajstić information content (AvgIpc) is 2.43. The van der Waals surface area contributed by atoms with Crippen LogP contribution in [-0.2, 0) is 0 Å². The van der Waals surface area contributed by atoms with Crippen molar-refractivity contribution in [3.05, 3.63) is 51.2 Å². The van der Waals surface area contributed by atoms with Crippen molar-refractivity contribution in [2.75, 3.05) is 12.4 Å². The molecule has 0 fully saturated rings. The highest BCUT2D eigenvalue weighted by Crippen LogP contribution is 2.28. The number of anilines is 1. The van der Waals surface area contributed by atoms with Gasteiger partial charge in [0.25, 0.3) is 5.91 Å². The molecule has 0 aliphatic rings. The number of ether oxygens (including phenoxy) is 1. The van der Waals surface area contributed by atoms with Gasteiger partial charge >= 0.3 is 0 Å². The SMILES string of the molecule is COc1cc(NC(=O)c2nc(Cl)ccc2Cl)ccc1Cl. The number of carbonyl (C=O) groups is 1. The van der Waals surface area contributed by atoms with Crippen molar-refractivity contribution >= 4 is 46.4 Å². The van der Waals surface area contributed by atoms with Gasteiger partial charge in [-0.3, -0.25) is 4.79 Å². The summed E-state index contributed by atoms with van der Waals surface area (Å²) in [7, 11) is 1.49. The zero-order valence-electron chi connectivity index (χ0n) is 10.3. The van der Waals surface area contributed by atoms with E-state index in [4.69, 9.17) is 39.5 Å². The number of amides is 1. The summed E-state index contributed by atoms with van der Waals surface area (Å²) in [5, 5.41) is 3.50. The van der Waals surface area contributed by atoms with Crippen LogP contribution in [0.25, 0.3) is 0 Å². The van der Waals surface area contributed by atoms with E-state index < -0.39 is 5.91 Å². The molecule has 0 bridgehead atoms. The minimum absolute atomic E-state index is 0.0492. The van der Waals surface area contributed by atoms with Gasteiger partial charge in [0.1, 0.15) is 16.6 Å². The number of nitrogens with zero attached hydrogens (tertiary/aromatic N) is 1. The molecular formula is C13H9Cl3N2O2. The molecule has 0 atom stereocenters. The average molecular weight is 332 g/mol. The fraction of sp³-hybridized carbons (Fsp3) is 0.0769. The Morgan fingerprint density at radius 2 is 1.85 bits per heavy atom. The summed E-state index contributed by atoms with van der Waals surface area (Å²) in [6.45, 7) is 0. The Morgan fingerprint density at radius 1 is 1.15 bits per heavy atom. The van der Waals surface area contributed by atoms with Crippen LogP contribution in [0.1, 0.15) is 10.5 Å². The first kappa shape index (κ1) is 14.9. The van der Waals surface area contributed by atoms with Crippen molar-refractivity contribution in [2.45, 2.75) is 0 Å². The van der Waals surface area contributed by atoms with Gasteiger partial charge in [0.2, 0.25) is 0 Å². The van der Waals surface area contributed by atoms with Gasteiger partial charge in [0.15, 0.2) is 0 Å². The number of pyridine rings is 1. The van der Waals surface area contributed by atoms with Crippen LogP contribution in [0.2, 0.25) is 15.2 Å². The lowest BCUT2D eigenvalue weighted by Gasteiger charge is -2.09. The van der Waals surface area contributed by atoms with Crippen LogP contribution in [0, 0.1) is 0 Å². The maximum absolute atomic E-state index is 12.1. The molecule has 0 unspecified atom stereocenters. The van der Waals surface area contributed by atoms with Crippen molar-refractivity contribution in [1.29, 1.82) is 0 Å². The highest BCUT2D eigenvalue weighted by atomic mass is 35.5. The van der Waals surface area contributed by atoms with Crippen LogP contribution in [0.15, 0.2) is 30.3 Å². The van der Waals surface area contributed by atoms with Gasteiger partial charge in [-0.25, -0.2) is 4.98 Å². The van der Waals surface area contributed by atoms with E-state index in [1.165, 1.54) is 19.2 Å². The van der Waals surface area contributed by atoms with Gasteiger partial charge in [0.05, 0.1) is 17.2 Å². The number of halogens is 3. The first-order valence-corrected chi connectivity index (χ1v) is 6.61. The quantitative estimate of drug-likeness (QED) is 0.853. The van der Waals surface area contributed by atoms with Crippen LogP contribution in [0.3, 0.4) is 0 Å². The Labute approximate surface area is 130 Å². The van der Waals surface area contributed by atoms with Gasteiger partial charge < -0.3 is 10.1 Å². The number of nitrogens with one attached hydrogen (secondary N) is 1. The summed E-state index contributed by atoms with van der Waals surface area (Å²) >= 11 is 17.6. The number of aromatic nitrogens is 1. The van der Waals surface area contributed by atoms with Crippen molar-refractivity contribution in [1.82, 2.24) is 4.98 Å². The molecule has 0 aliphatic carbocycles. The molecule has 1 amide bonds. The van der Waals surface area contributed by atoms with Gasteiger partial charge in [-0.05, 0) is 24.3 Å². The molecular weight excluding hydrogens is 323 g/mol. The summed E-state index contributed by atoms with van der Waals surface area (Å²) in [6.07, 6.45) is 0. The summed E-state index contributed by atoms with van der Waals surface area (Å²) in [5.41, 5.74) is 0.558. The molecule has 7 heteroatoms. The standard InChI is InChI=1S/C13H9Cl3N2O2/c1-20-10-6-7(2-3-8(10)14)17-13(19)12-9(15)4-5-11(16)18-12/h2-6H,1H3,(H,17,19). The fourth-order valence-corrected chi connectivity index (χ4v) is 2.04. The molecule has 104 valence electrons. The van der Waals surface area contributed by atoms with E-state index in [1.54, 1.807) is 18.2 Å². The first-order valence-electron chi connectivity index (χ1n) is 5.48. The topological polar surface area (TPSA) is 51.2 Å². The molecule has 1 heterocycles. The van der Waals surface area contributed by atoms with E-state index in [0.717, 1.165) is 0 Å². The Balaban J connectivity index is 2.25. The lowest BCUT2D eigenvalue weighted by Crippen LogP contribution is -2.14. The number of rotatable bonds is 3. The van der Waals surface area contributed by atoms with E-state index in [9.17, 15) is 4.79 Å². The number of hydrogen-bond donors (Lipinski definition) is 1. The van der Waals surface area contributed by atoms with E-state index in [0.29, 0.717) is 16.5 Å². The number of methoxy groups -OCH3 is 1. The molecule has 4 nitrogen and oxygen atoms in total. The summed E-state index contributed by atoms with van der Waals surface area (Å²) in [4.78, 5) is 16.0. The van der Waals surface area contributed by atoms with Crippen molar-refractivity contribution in [2.24, 2.45) is 0 Å². The molecule has 1 N–H and O–H groups in total. The molecule has 1 aromatic carbocycles. The van der Waals surface area contributed by atoms with Crippen LogP contribution in [-0.4, -0.2) is 18.0 Å². The van der Waals surface area contributed by atoms with E-state index in [-0.39, 0.29) is 15.9 Å². The maximum atomic E-state index is 12.1. The molecule has 2 aromatic rings. The molecule has 20 heavy (non-hydrogen) atoms. The van der Waals surface area contributed by atoms with E-state index in [2.05, 4.69) is 10.3 Å². The maximum Gasteiger partial charge on any atom is 0.275 e. The molecule has 0 radical (unpaired) electrons. The molecule has 0 aliphatic heterocycles. The van der Waals surface area contributed by atoms with Gasteiger partial charge in [-0.2, -0.15) is 0 Å². The zero-order valence-corrected chi connectivity index (χ0v) is 12.6. The molecule has 0 saturated heterocycles. The minimum atomic E-state index is -0.470. The van der Waals surface area contributed by atoms with E-state index >= 15 is 0 Å². The highest BCUT2D eigenvalue weighted by molar-refractivity contribution is 6.35. The smallest absolute Gasteiger partial charge is 0.275 e. The van der Waals surface area contributed by atoms with Gasteiger partial charge in [0, 0.05) is 11.8 Å². The molecule has 0 spiro atoms. The second-order valence-corrected chi connectivity index (χ2v) is 4.97. The zero-order chi connectivity index (χ0) is 14.7. The normalized spacial score (nSPS) is 10.2. The number of hydrogen-bond acceptors (Lipinski definition) is 3. The number of benzene rings is 1. The van der Waals surface area contributed by atoms with Crippen LogP contribution in [0.4, 0.5) is 5.69 Å². The lowest BCUT2D eigenvalue weighted by atomic mass is 10.2. The summed E-state index contributed by atoms with van der Waals surface area (Å²) < 4.78 is 5.07. The Bertz CT molecular complexity index is 662. The van der Waals surface area contributed by atoms with Crippen molar-refractivity contribution < 1.29 is 9.53 Å². The second kappa shape index (κ2) is 6.31. The fourth-order valence-electron chi connectivity index (χ4n) is 1.51. The Hall–Kier alpha value is -1.49. The molecule has 0 saturated carbocycles. The monoisotopic (exact) mass is 330 g/mol. The predicted octanol–water partition coefficient (Wildman–Crippen LogP) is 4.30. The minimum Gasteiger partial charge on any atom is -0.495 e. The van der Waals surface area contributed by atoms with Crippen molar-refractivity contribution in [3.63, 3.8) is 0 Å².